The van der Waals surface area contributed by atoms with Crippen LogP contribution < -0.4 is 10.1 Å². The average molecular weight is 394 g/mol. The topological polar surface area (TPSA) is 38.3 Å². The Bertz CT molecular complexity index is 1030. The SMILES string of the molecule is CC1=C(C(=O)c2ccc(Cl)cc2)Sc2cc(Oc3ccccc3)ccc2N1. The lowest BCUT2D eigenvalue weighted by Gasteiger charge is -2.22. The van der Waals surface area contributed by atoms with Crippen LogP contribution in [0, 0.1) is 0 Å². The highest BCUT2D eigenvalue weighted by atomic mass is 35.5. The van der Waals surface area contributed by atoms with Crippen molar-refractivity contribution < 1.29 is 9.53 Å². The first kappa shape index (κ1) is 17.7. The molecule has 0 bridgehead atoms. The van der Waals surface area contributed by atoms with Crippen LogP contribution >= 0.6 is 23.4 Å². The second-order valence-electron chi connectivity index (χ2n) is 6.09. The van der Waals surface area contributed by atoms with Crippen LogP contribution in [0.4, 0.5) is 5.69 Å². The molecular weight excluding hydrogens is 378 g/mol. The van der Waals surface area contributed by atoms with E-state index in [0.717, 1.165) is 27.8 Å². The van der Waals surface area contributed by atoms with Gasteiger partial charge in [-0.25, -0.2) is 0 Å². The lowest BCUT2D eigenvalue weighted by atomic mass is 10.1. The molecule has 1 heterocycles. The number of hydrogen-bond acceptors (Lipinski definition) is 4. The molecule has 0 saturated heterocycles. The van der Waals surface area contributed by atoms with Gasteiger partial charge in [-0.2, -0.15) is 0 Å². The maximum absolute atomic E-state index is 12.9. The Hall–Kier alpha value is -2.69. The summed E-state index contributed by atoms with van der Waals surface area (Å²) >= 11 is 7.38. The first-order valence-corrected chi connectivity index (χ1v) is 9.62. The van der Waals surface area contributed by atoms with E-state index in [0.29, 0.717) is 15.5 Å². The summed E-state index contributed by atoms with van der Waals surface area (Å²) in [6.45, 7) is 1.91. The number of ketones is 1. The summed E-state index contributed by atoms with van der Waals surface area (Å²) in [6.07, 6.45) is 0. The van der Waals surface area contributed by atoms with Crippen molar-refractivity contribution in [1.82, 2.24) is 0 Å². The van der Waals surface area contributed by atoms with E-state index < -0.39 is 0 Å². The van der Waals surface area contributed by atoms with Gasteiger partial charge in [0.05, 0.1) is 10.6 Å². The van der Waals surface area contributed by atoms with Gasteiger partial charge in [-0.15, -0.1) is 0 Å². The van der Waals surface area contributed by atoms with Gasteiger partial charge in [0.25, 0.3) is 0 Å². The number of thioether (sulfide) groups is 1. The zero-order valence-electron chi connectivity index (χ0n) is 14.5. The number of allylic oxidation sites excluding steroid dienone is 2. The molecule has 0 saturated carbocycles. The Labute approximate surface area is 167 Å². The molecule has 1 aliphatic rings. The molecule has 3 aromatic carbocycles. The van der Waals surface area contributed by atoms with E-state index in [1.165, 1.54) is 11.8 Å². The fourth-order valence-electron chi connectivity index (χ4n) is 2.77. The minimum Gasteiger partial charge on any atom is -0.457 e. The monoisotopic (exact) mass is 393 g/mol. The zero-order valence-corrected chi connectivity index (χ0v) is 16.1. The summed E-state index contributed by atoms with van der Waals surface area (Å²) in [7, 11) is 0. The van der Waals surface area contributed by atoms with Gasteiger partial charge in [-0.1, -0.05) is 41.6 Å². The number of para-hydroxylation sites is 1. The second kappa shape index (κ2) is 7.51. The number of benzene rings is 3. The predicted octanol–water partition coefficient (Wildman–Crippen LogP) is 6.76. The van der Waals surface area contributed by atoms with Gasteiger partial charge in [0, 0.05) is 21.2 Å². The molecule has 1 aliphatic heterocycles. The Morgan fingerprint density at radius 3 is 2.44 bits per heavy atom. The number of fused-ring (bicyclic) bond motifs is 1. The van der Waals surface area contributed by atoms with Crippen LogP contribution in [-0.4, -0.2) is 5.78 Å². The zero-order chi connectivity index (χ0) is 18.8. The van der Waals surface area contributed by atoms with Crippen LogP contribution in [0.5, 0.6) is 11.5 Å². The van der Waals surface area contributed by atoms with Gasteiger partial charge >= 0.3 is 0 Å². The Balaban J connectivity index is 1.59. The molecule has 0 amide bonds. The average Bonchev–Trinajstić information content (AvgIpc) is 2.68. The number of rotatable bonds is 4. The molecule has 3 aromatic rings. The van der Waals surface area contributed by atoms with Crippen molar-refractivity contribution >= 4 is 34.8 Å². The lowest BCUT2D eigenvalue weighted by Crippen LogP contribution is -2.12. The normalized spacial score (nSPS) is 13.0. The van der Waals surface area contributed by atoms with Crippen LogP contribution in [0.25, 0.3) is 0 Å². The molecule has 0 spiro atoms. The van der Waals surface area contributed by atoms with Crippen LogP contribution in [-0.2, 0) is 0 Å². The third-order valence-corrected chi connectivity index (χ3v) is 5.62. The molecule has 0 radical (unpaired) electrons. The highest BCUT2D eigenvalue weighted by Crippen LogP contribution is 2.43. The maximum atomic E-state index is 12.9. The highest BCUT2D eigenvalue weighted by Gasteiger charge is 2.23. The molecule has 3 nitrogen and oxygen atoms in total. The van der Waals surface area contributed by atoms with Gasteiger partial charge in [0.15, 0.2) is 0 Å². The van der Waals surface area contributed by atoms with Crippen LogP contribution in [0.15, 0.2) is 88.3 Å². The van der Waals surface area contributed by atoms with Crippen LogP contribution in [0.2, 0.25) is 5.02 Å². The number of carbonyl (C=O) groups excluding carboxylic acids is 1. The molecule has 1 N–H and O–H groups in total. The van der Waals surface area contributed by atoms with Crippen molar-refractivity contribution in [3.8, 4) is 11.5 Å². The van der Waals surface area contributed by atoms with Crippen molar-refractivity contribution in [3.63, 3.8) is 0 Å². The maximum Gasteiger partial charge on any atom is 0.201 e. The van der Waals surface area contributed by atoms with E-state index in [4.69, 9.17) is 16.3 Å². The summed E-state index contributed by atoms with van der Waals surface area (Å²) < 4.78 is 5.91. The molecule has 0 unspecified atom stereocenters. The van der Waals surface area contributed by atoms with E-state index in [2.05, 4.69) is 5.32 Å². The van der Waals surface area contributed by atoms with Gasteiger partial charge < -0.3 is 10.1 Å². The minimum atomic E-state index is -0.0262. The third-order valence-electron chi connectivity index (χ3n) is 4.12. The standard InChI is InChI=1S/C22H16ClNO2S/c1-14-22(21(25)15-7-9-16(23)10-8-15)27-20-13-18(11-12-19(20)24-14)26-17-5-3-2-4-6-17/h2-13,24H,1H3. The van der Waals surface area contributed by atoms with Gasteiger partial charge in [-0.05, 0) is 61.5 Å². The molecule has 5 heteroatoms. The van der Waals surface area contributed by atoms with Crippen molar-refractivity contribution in [2.24, 2.45) is 0 Å². The molecule has 0 aromatic heterocycles. The highest BCUT2D eigenvalue weighted by molar-refractivity contribution is 8.04. The molecule has 4 rings (SSSR count). The molecule has 0 atom stereocenters. The summed E-state index contributed by atoms with van der Waals surface area (Å²) in [6, 6.07) is 22.4. The summed E-state index contributed by atoms with van der Waals surface area (Å²) in [4.78, 5) is 14.5. The van der Waals surface area contributed by atoms with Gasteiger partial charge in [-0.3, -0.25) is 4.79 Å². The van der Waals surface area contributed by atoms with E-state index in [1.807, 2.05) is 55.5 Å². The smallest absolute Gasteiger partial charge is 0.201 e. The number of anilines is 1. The number of carbonyl (C=O) groups is 1. The largest absolute Gasteiger partial charge is 0.457 e. The van der Waals surface area contributed by atoms with Crippen LogP contribution in [0.3, 0.4) is 0 Å². The van der Waals surface area contributed by atoms with Crippen LogP contribution in [0.1, 0.15) is 17.3 Å². The molecule has 27 heavy (non-hydrogen) atoms. The minimum absolute atomic E-state index is 0.0262. The summed E-state index contributed by atoms with van der Waals surface area (Å²) in [5, 5.41) is 3.93. The van der Waals surface area contributed by atoms with Gasteiger partial charge in [0.2, 0.25) is 5.78 Å². The quantitative estimate of drug-likeness (QED) is 0.496. The summed E-state index contributed by atoms with van der Waals surface area (Å²) in [5.41, 5.74) is 2.41. The van der Waals surface area contributed by atoms with Crippen molar-refractivity contribution in [2.45, 2.75) is 11.8 Å². The third kappa shape index (κ3) is 3.87. The first-order chi connectivity index (χ1) is 13.1. The van der Waals surface area contributed by atoms with E-state index in [9.17, 15) is 4.79 Å². The van der Waals surface area contributed by atoms with E-state index in [1.54, 1.807) is 24.3 Å². The fraction of sp³-hybridized carbons (Fsp3) is 0.0455. The number of nitrogens with one attached hydrogen (secondary N) is 1. The number of Topliss-reactive ketones (excluding diaryl/α,β-unsaturated/α-hetero) is 1. The first-order valence-electron chi connectivity index (χ1n) is 8.43. The van der Waals surface area contributed by atoms with Crippen molar-refractivity contribution in [2.75, 3.05) is 5.32 Å². The Kier molecular flexibility index (Phi) is 4.92. The van der Waals surface area contributed by atoms with Crippen molar-refractivity contribution in [1.29, 1.82) is 0 Å². The number of hydrogen-bond donors (Lipinski definition) is 1. The molecule has 0 aliphatic carbocycles. The predicted molar refractivity (Wildman–Crippen MR) is 111 cm³/mol. The molecule has 134 valence electrons. The lowest BCUT2D eigenvalue weighted by molar-refractivity contribution is 0.104. The number of halogens is 1. The second-order valence-corrected chi connectivity index (χ2v) is 7.58. The summed E-state index contributed by atoms with van der Waals surface area (Å²) in [5.74, 6) is 1.48. The fourth-order valence-corrected chi connectivity index (χ4v) is 3.94. The van der Waals surface area contributed by atoms with Crippen molar-refractivity contribution in [3.05, 3.63) is 94.0 Å². The molecular formula is C22H16ClNO2S. The Morgan fingerprint density at radius 2 is 1.70 bits per heavy atom. The number of ether oxygens (including phenoxy) is 1. The van der Waals surface area contributed by atoms with E-state index in [-0.39, 0.29) is 5.78 Å². The van der Waals surface area contributed by atoms with E-state index >= 15 is 0 Å². The Morgan fingerprint density at radius 1 is 0.963 bits per heavy atom. The molecule has 0 fully saturated rings. The van der Waals surface area contributed by atoms with Gasteiger partial charge in [0.1, 0.15) is 11.5 Å².